The second kappa shape index (κ2) is 6.75. The highest BCUT2D eigenvalue weighted by atomic mass is 32.2. The second-order valence-electron chi connectivity index (χ2n) is 6.35. The van der Waals surface area contributed by atoms with E-state index in [0.717, 1.165) is 6.42 Å². The highest BCUT2D eigenvalue weighted by molar-refractivity contribution is 7.89. The van der Waals surface area contributed by atoms with Crippen LogP contribution in [0.15, 0.2) is 23.4 Å². The molecule has 21 heavy (non-hydrogen) atoms. The summed E-state index contributed by atoms with van der Waals surface area (Å²) in [5.74, 6) is 0. The number of anilines is 1. The number of nitrogens with zero attached hydrogens (tertiary/aromatic N) is 2. The van der Waals surface area contributed by atoms with Crippen molar-refractivity contribution < 1.29 is 8.42 Å². The number of hydrogen-bond acceptors (Lipinski definition) is 4. The third kappa shape index (κ3) is 4.17. The van der Waals surface area contributed by atoms with Gasteiger partial charge in [-0.2, -0.15) is 4.31 Å². The molecule has 1 aromatic rings. The van der Waals surface area contributed by atoms with Gasteiger partial charge in [0.1, 0.15) is 0 Å². The van der Waals surface area contributed by atoms with E-state index in [-0.39, 0.29) is 16.5 Å². The van der Waals surface area contributed by atoms with Gasteiger partial charge >= 0.3 is 0 Å². The Bertz CT molecular complexity index is 565. The Morgan fingerprint density at radius 2 is 2.00 bits per heavy atom. The van der Waals surface area contributed by atoms with Crippen molar-refractivity contribution in [3.05, 3.63) is 18.3 Å². The lowest BCUT2D eigenvalue weighted by atomic mass is 9.88. The minimum absolute atomic E-state index is 0.0945. The van der Waals surface area contributed by atoms with Crippen LogP contribution in [0.2, 0.25) is 0 Å². The minimum atomic E-state index is -3.62. The number of rotatable bonds is 6. The summed E-state index contributed by atoms with van der Waals surface area (Å²) >= 11 is 0. The third-order valence-electron chi connectivity index (χ3n) is 3.76. The maximum Gasteiger partial charge on any atom is 0.262 e. The predicted molar refractivity (Wildman–Crippen MR) is 86.9 cm³/mol. The van der Waals surface area contributed by atoms with E-state index in [1.807, 2.05) is 34.6 Å². The van der Waals surface area contributed by atoms with Gasteiger partial charge in [-0.25, -0.2) is 13.4 Å². The van der Waals surface area contributed by atoms with Crippen LogP contribution < -0.4 is 5.32 Å². The van der Waals surface area contributed by atoms with Crippen molar-refractivity contribution in [3.63, 3.8) is 0 Å². The van der Waals surface area contributed by atoms with Gasteiger partial charge in [-0.05, 0) is 30.9 Å². The average Bonchev–Trinajstić information content (AvgIpc) is 2.42. The van der Waals surface area contributed by atoms with Crippen molar-refractivity contribution in [2.75, 3.05) is 18.9 Å². The molecule has 0 bridgehead atoms. The van der Waals surface area contributed by atoms with Crippen LogP contribution in [0.4, 0.5) is 5.69 Å². The van der Waals surface area contributed by atoms with Gasteiger partial charge in [0.05, 0.1) is 5.69 Å². The quantitative estimate of drug-likeness (QED) is 0.877. The molecule has 1 rings (SSSR count). The van der Waals surface area contributed by atoms with Crippen LogP contribution in [-0.4, -0.2) is 37.3 Å². The fourth-order valence-electron chi connectivity index (χ4n) is 1.88. The monoisotopic (exact) mass is 313 g/mol. The van der Waals surface area contributed by atoms with Crippen LogP contribution in [0.3, 0.4) is 0 Å². The molecule has 1 aromatic heterocycles. The smallest absolute Gasteiger partial charge is 0.262 e. The molecular formula is C15H27N3O2S. The first-order valence-corrected chi connectivity index (χ1v) is 8.73. The highest BCUT2D eigenvalue weighted by Gasteiger charge is 2.34. The van der Waals surface area contributed by atoms with Crippen molar-refractivity contribution in [1.29, 1.82) is 0 Å². The van der Waals surface area contributed by atoms with Crippen molar-refractivity contribution in [2.24, 2.45) is 5.41 Å². The van der Waals surface area contributed by atoms with Crippen molar-refractivity contribution >= 4 is 15.7 Å². The lowest BCUT2D eigenvalue weighted by Crippen LogP contribution is -2.43. The van der Waals surface area contributed by atoms with Gasteiger partial charge in [0.15, 0.2) is 5.03 Å². The van der Waals surface area contributed by atoms with E-state index in [0.29, 0.717) is 12.2 Å². The molecule has 0 aliphatic heterocycles. The standard InChI is InChI=1S/C15H27N3O2S/c1-7-10-16-13-9-8-11-17-14(13)21(19,20)18(6)12(2)15(3,4)5/h8-9,11-12,16H,7,10H2,1-6H3. The van der Waals surface area contributed by atoms with Gasteiger partial charge in [-0.1, -0.05) is 27.7 Å². The molecule has 1 N–H and O–H groups in total. The summed E-state index contributed by atoms with van der Waals surface area (Å²) in [5, 5.41) is 3.23. The van der Waals surface area contributed by atoms with Crippen LogP contribution in [-0.2, 0) is 10.0 Å². The molecule has 1 atom stereocenters. The molecule has 120 valence electrons. The lowest BCUT2D eigenvalue weighted by Gasteiger charge is -2.34. The molecule has 0 aliphatic carbocycles. The number of aromatic nitrogens is 1. The van der Waals surface area contributed by atoms with E-state index in [9.17, 15) is 8.42 Å². The van der Waals surface area contributed by atoms with Crippen LogP contribution >= 0.6 is 0 Å². The van der Waals surface area contributed by atoms with Crippen molar-refractivity contribution in [3.8, 4) is 0 Å². The van der Waals surface area contributed by atoms with Crippen LogP contribution in [0.1, 0.15) is 41.0 Å². The normalized spacial score (nSPS) is 14.2. The van der Waals surface area contributed by atoms with Gasteiger partial charge < -0.3 is 5.32 Å². The molecule has 0 radical (unpaired) electrons. The SMILES string of the molecule is CCCNc1cccnc1S(=O)(=O)N(C)C(C)C(C)(C)C. The Morgan fingerprint density at radius 3 is 2.52 bits per heavy atom. The highest BCUT2D eigenvalue weighted by Crippen LogP contribution is 2.29. The Kier molecular flexibility index (Phi) is 5.75. The summed E-state index contributed by atoms with van der Waals surface area (Å²) in [4.78, 5) is 4.10. The summed E-state index contributed by atoms with van der Waals surface area (Å²) in [6, 6.07) is 3.36. The van der Waals surface area contributed by atoms with Crippen LogP contribution in [0, 0.1) is 5.41 Å². The first kappa shape index (κ1) is 17.9. The predicted octanol–water partition coefficient (Wildman–Crippen LogP) is 2.96. The molecular weight excluding hydrogens is 286 g/mol. The zero-order chi connectivity index (χ0) is 16.3. The van der Waals surface area contributed by atoms with Gasteiger partial charge in [0.25, 0.3) is 10.0 Å². The molecule has 0 saturated carbocycles. The van der Waals surface area contributed by atoms with Gasteiger partial charge in [0, 0.05) is 25.8 Å². The lowest BCUT2D eigenvalue weighted by molar-refractivity contribution is 0.216. The van der Waals surface area contributed by atoms with Crippen LogP contribution in [0.5, 0.6) is 0 Å². The maximum atomic E-state index is 12.8. The van der Waals surface area contributed by atoms with Gasteiger partial charge in [-0.3, -0.25) is 0 Å². The fraction of sp³-hybridized carbons (Fsp3) is 0.667. The summed E-state index contributed by atoms with van der Waals surface area (Å²) in [5.41, 5.74) is 0.417. The van der Waals surface area contributed by atoms with Gasteiger partial charge in [0.2, 0.25) is 0 Å². The minimum Gasteiger partial charge on any atom is -0.383 e. The summed E-state index contributed by atoms with van der Waals surface area (Å²) in [7, 11) is -2.01. The van der Waals surface area contributed by atoms with Gasteiger partial charge in [-0.15, -0.1) is 0 Å². The molecule has 0 aliphatic rings. The van der Waals surface area contributed by atoms with E-state index in [1.54, 1.807) is 19.2 Å². The zero-order valence-electron chi connectivity index (χ0n) is 13.8. The molecule has 1 heterocycles. The van der Waals surface area contributed by atoms with E-state index >= 15 is 0 Å². The Balaban J connectivity index is 3.19. The Labute approximate surface area is 128 Å². The third-order valence-corrected chi connectivity index (χ3v) is 5.65. The first-order chi connectivity index (χ1) is 9.62. The zero-order valence-corrected chi connectivity index (χ0v) is 14.7. The molecule has 1 unspecified atom stereocenters. The molecule has 0 amide bonds. The summed E-state index contributed by atoms with van der Waals surface area (Å²) < 4.78 is 27.1. The molecule has 0 saturated heterocycles. The number of pyridine rings is 1. The fourth-order valence-corrected chi connectivity index (χ4v) is 3.50. The molecule has 6 heteroatoms. The van der Waals surface area contributed by atoms with Crippen LogP contribution in [0.25, 0.3) is 0 Å². The first-order valence-electron chi connectivity index (χ1n) is 7.29. The number of nitrogens with one attached hydrogen (secondary N) is 1. The Hall–Kier alpha value is -1.14. The van der Waals surface area contributed by atoms with Crippen molar-refractivity contribution in [2.45, 2.75) is 52.1 Å². The largest absolute Gasteiger partial charge is 0.383 e. The number of sulfonamides is 1. The molecule has 5 nitrogen and oxygen atoms in total. The summed E-state index contributed by atoms with van der Waals surface area (Å²) in [6.45, 7) is 10.7. The Morgan fingerprint density at radius 1 is 1.38 bits per heavy atom. The second-order valence-corrected chi connectivity index (χ2v) is 8.26. The number of hydrogen-bond donors (Lipinski definition) is 1. The maximum absolute atomic E-state index is 12.8. The topological polar surface area (TPSA) is 62.3 Å². The van der Waals surface area contributed by atoms with E-state index < -0.39 is 10.0 Å². The van der Waals surface area contributed by atoms with E-state index in [4.69, 9.17) is 0 Å². The molecule has 0 aromatic carbocycles. The average molecular weight is 313 g/mol. The van der Waals surface area contributed by atoms with E-state index in [1.165, 1.54) is 10.5 Å². The molecule has 0 spiro atoms. The molecule has 0 fully saturated rings. The van der Waals surface area contributed by atoms with E-state index in [2.05, 4.69) is 10.3 Å². The summed E-state index contributed by atoms with van der Waals surface area (Å²) in [6.07, 6.45) is 2.43. The van der Waals surface area contributed by atoms with Crippen molar-refractivity contribution in [1.82, 2.24) is 9.29 Å².